The number of hydrogen-bond donors (Lipinski definition) is 1. The molecule has 0 rings (SSSR count). The second-order valence-corrected chi connectivity index (χ2v) is 7.27. The van der Waals surface area contributed by atoms with Crippen molar-refractivity contribution >= 4 is 5.97 Å². The lowest BCUT2D eigenvalue weighted by Gasteiger charge is -2.29. The van der Waals surface area contributed by atoms with Crippen molar-refractivity contribution < 1.29 is 14.6 Å². The minimum Gasteiger partial charge on any atom is -0.465 e. The van der Waals surface area contributed by atoms with Crippen LogP contribution in [0, 0.1) is 16.7 Å². The normalized spacial score (nSPS) is 15.1. The van der Waals surface area contributed by atoms with Crippen molar-refractivity contribution in [3.63, 3.8) is 0 Å². The van der Waals surface area contributed by atoms with Crippen LogP contribution in [0.15, 0.2) is 17.4 Å². The van der Waals surface area contributed by atoms with Gasteiger partial charge in [-0.1, -0.05) is 41.5 Å². The van der Waals surface area contributed by atoms with Crippen LogP contribution in [0.4, 0.5) is 0 Å². The Bertz CT molecular complexity index is 387. The van der Waals surface area contributed by atoms with E-state index in [2.05, 4.69) is 26.5 Å². The third kappa shape index (κ3) is 5.94. The highest BCUT2D eigenvalue weighted by atomic mass is 16.5. The first kappa shape index (κ1) is 18.9. The average molecular weight is 282 g/mol. The fraction of sp³-hybridized carbons (Fsp3) is 0.765. The van der Waals surface area contributed by atoms with Crippen LogP contribution in [0.2, 0.25) is 0 Å². The molecule has 3 heteroatoms. The van der Waals surface area contributed by atoms with Gasteiger partial charge < -0.3 is 9.84 Å². The summed E-state index contributed by atoms with van der Waals surface area (Å²) in [6.45, 7) is 16.0. The van der Waals surface area contributed by atoms with E-state index in [1.807, 2.05) is 27.7 Å². The summed E-state index contributed by atoms with van der Waals surface area (Å²) in [5, 5.41) is 10.4. The molecular formula is C17H30O3. The number of rotatable bonds is 4. The van der Waals surface area contributed by atoms with E-state index in [0.717, 1.165) is 5.57 Å². The molecule has 0 heterocycles. The first-order valence-electron chi connectivity index (χ1n) is 7.19. The van der Waals surface area contributed by atoms with Crippen LogP contribution < -0.4 is 0 Å². The van der Waals surface area contributed by atoms with Crippen LogP contribution in [0.5, 0.6) is 0 Å². The predicted octanol–water partition coefficient (Wildman–Crippen LogP) is 3.72. The Hall–Kier alpha value is -1.05. The zero-order valence-corrected chi connectivity index (χ0v) is 14.2. The molecule has 2 atom stereocenters. The third-order valence-electron chi connectivity index (χ3n) is 3.39. The van der Waals surface area contributed by atoms with Gasteiger partial charge in [-0.05, 0) is 36.3 Å². The van der Waals surface area contributed by atoms with Crippen LogP contribution in [-0.4, -0.2) is 23.8 Å². The van der Waals surface area contributed by atoms with Gasteiger partial charge in [0, 0.05) is 0 Å². The second kappa shape index (κ2) is 7.10. The Morgan fingerprint density at radius 2 is 1.75 bits per heavy atom. The minimum atomic E-state index is -0.804. The molecule has 0 aromatic heterocycles. The van der Waals surface area contributed by atoms with E-state index in [-0.39, 0.29) is 5.41 Å². The second-order valence-electron chi connectivity index (χ2n) is 7.27. The van der Waals surface area contributed by atoms with Gasteiger partial charge in [0.15, 0.2) is 0 Å². The maximum atomic E-state index is 12.0. The lowest BCUT2D eigenvalue weighted by atomic mass is 9.80. The molecule has 0 aliphatic rings. The number of ether oxygens (including phenoxy) is 1. The van der Waals surface area contributed by atoms with Gasteiger partial charge in [0.05, 0.1) is 12.7 Å². The number of carbonyl (C=O) groups is 1. The molecule has 116 valence electrons. The number of esters is 1. The predicted molar refractivity (Wildman–Crippen MR) is 82.3 cm³/mol. The maximum absolute atomic E-state index is 12.0. The van der Waals surface area contributed by atoms with E-state index in [4.69, 9.17) is 4.74 Å². The van der Waals surface area contributed by atoms with E-state index >= 15 is 0 Å². The summed E-state index contributed by atoms with van der Waals surface area (Å²) in [6, 6.07) is 0. The van der Waals surface area contributed by atoms with Gasteiger partial charge in [-0.3, -0.25) is 4.79 Å². The van der Waals surface area contributed by atoms with Crippen LogP contribution in [0.25, 0.3) is 0 Å². The lowest BCUT2D eigenvalue weighted by molar-refractivity contribution is -0.152. The topological polar surface area (TPSA) is 46.5 Å². The molecule has 0 aliphatic carbocycles. The molecule has 0 saturated carbocycles. The molecule has 0 aliphatic heterocycles. The molecule has 20 heavy (non-hydrogen) atoms. The van der Waals surface area contributed by atoms with Crippen LogP contribution in [0.3, 0.4) is 0 Å². The maximum Gasteiger partial charge on any atom is 0.316 e. The lowest BCUT2D eigenvalue weighted by Crippen LogP contribution is -2.38. The van der Waals surface area contributed by atoms with Gasteiger partial charge in [0.2, 0.25) is 0 Å². The SMILES string of the molecule is CCOC(=O)[C@H](C=C=C(C)C(C)(C)C)[C@H](O)C(C)(C)C. The van der Waals surface area contributed by atoms with Crippen molar-refractivity contribution in [3.8, 4) is 0 Å². The smallest absolute Gasteiger partial charge is 0.316 e. The fourth-order valence-electron chi connectivity index (χ4n) is 1.50. The van der Waals surface area contributed by atoms with E-state index in [0.29, 0.717) is 6.61 Å². The Morgan fingerprint density at radius 1 is 1.25 bits per heavy atom. The molecule has 0 saturated heterocycles. The zero-order chi connectivity index (χ0) is 16.1. The molecule has 1 N–H and O–H groups in total. The Morgan fingerprint density at radius 3 is 2.10 bits per heavy atom. The summed E-state index contributed by atoms with van der Waals surface area (Å²) in [7, 11) is 0. The van der Waals surface area contributed by atoms with Crippen molar-refractivity contribution in [1.82, 2.24) is 0 Å². The quantitative estimate of drug-likeness (QED) is 0.631. The molecule has 0 fully saturated rings. The Balaban J connectivity index is 5.47. The van der Waals surface area contributed by atoms with Gasteiger partial charge in [0.1, 0.15) is 5.92 Å². The van der Waals surface area contributed by atoms with E-state index in [9.17, 15) is 9.90 Å². The Kier molecular flexibility index (Phi) is 6.73. The molecule has 0 bridgehead atoms. The number of aliphatic hydroxyl groups is 1. The number of aliphatic hydroxyl groups excluding tert-OH is 1. The molecule has 0 aromatic rings. The minimum absolute atomic E-state index is 0.0115. The van der Waals surface area contributed by atoms with Gasteiger partial charge >= 0.3 is 5.97 Å². The van der Waals surface area contributed by atoms with Crippen LogP contribution >= 0.6 is 0 Å². The largest absolute Gasteiger partial charge is 0.465 e. The summed E-state index contributed by atoms with van der Waals surface area (Å²) in [6.07, 6.45) is 0.843. The first-order valence-corrected chi connectivity index (χ1v) is 7.19. The van der Waals surface area contributed by atoms with Crippen LogP contribution in [0.1, 0.15) is 55.4 Å². The summed E-state index contributed by atoms with van der Waals surface area (Å²) in [5.41, 5.74) is 3.77. The zero-order valence-electron chi connectivity index (χ0n) is 14.2. The summed E-state index contributed by atoms with van der Waals surface area (Å²) in [4.78, 5) is 12.0. The van der Waals surface area contributed by atoms with E-state index in [1.165, 1.54) is 0 Å². The standard InChI is InChI=1S/C17H30O3/c1-9-20-15(19)13(14(18)17(6,7)8)11-10-12(2)16(3,4)5/h11,13-14,18H,9H2,1-8H3/t10?,13-,14+/m1/s1. The van der Waals surface area contributed by atoms with Crippen molar-refractivity contribution in [3.05, 3.63) is 17.4 Å². The summed E-state index contributed by atoms with van der Waals surface area (Å²) in [5.74, 6) is -1.09. The number of carbonyl (C=O) groups excluding carboxylic acids is 1. The van der Waals surface area contributed by atoms with Crippen molar-refractivity contribution in [1.29, 1.82) is 0 Å². The van der Waals surface area contributed by atoms with Crippen molar-refractivity contribution in [2.45, 2.75) is 61.5 Å². The first-order chi connectivity index (χ1) is 8.91. The molecule has 0 unspecified atom stereocenters. The summed E-state index contributed by atoms with van der Waals surface area (Å²) < 4.78 is 5.06. The average Bonchev–Trinajstić information content (AvgIpc) is 2.26. The van der Waals surface area contributed by atoms with Crippen LogP contribution in [-0.2, 0) is 9.53 Å². The van der Waals surface area contributed by atoms with Gasteiger partial charge in [-0.2, -0.15) is 0 Å². The monoisotopic (exact) mass is 282 g/mol. The van der Waals surface area contributed by atoms with Gasteiger partial charge in [-0.15, -0.1) is 5.73 Å². The van der Waals surface area contributed by atoms with E-state index < -0.39 is 23.4 Å². The number of hydrogen-bond acceptors (Lipinski definition) is 3. The highest BCUT2D eigenvalue weighted by Crippen LogP contribution is 2.28. The molecular weight excluding hydrogens is 252 g/mol. The molecule has 0 aromatic carbocycles. The highest BCUT2D eigenvalue weighted by molar-refractivity contribution is 5.75. The van der Waals surface area contributed by atoms with Gasteiger partial charge in [0.25, 0.3) is 0 Å². The molecule has 0 radical (unpaired) electrons. The Labute approximate surface area is 123 Å². The van der Waals surface area contributed by atoms with Crippen molar-refractivity contribution in [2.75, 3.05) is 6.61 Å². The highest BCUT2D eigenvalue weighted by Gasteiger charge is 2.34. The summed E-state index contributed by atoms with van der Waals surface area (Å²) >= 11 is 0. The van der Waals surface area contributed by atoms with Gasteiger partial charge in [-0.25, -0.2) is 0 Å². The van der Waals surface area contributed by atoms with E-state index in [1.54, 1.807) is 13.0 Å². The molecule has 3 nitrogen and oxygen atoms in total. The fourth-order valence-corrected chi connectivity index (χ4v) is 1.50. The van der Waals surface area contributed by atoms with Crippen molar-refractivity contribution in [2.24, 2.45) is 16.7 Å². The molecule has 0 amide bonds. The third-order valence-corrected chi connectivity index (χ3v) is 3.39. The molecule has 0 spiro atoms.